The summed E-state index contributed by atoms with van der Waals surface area (Å²) in [6.07, 6.45) is 6.53. The molecule has 4 heteroatoms. The number of nitrogens with two attached hydrogens (primary N) is 1. The van der Waals surface area contributed by atoms with Crippen LogP contribution in [0.4, 0.5) is 0 Å². The van der Waals surface area contributed by atoms with Crippen molar-refractivity contribution in [1.29, 1.82) is 0 Å². The average molecular weight is 205 g/mol. The third kappa shape index (κ3) is 5.26. The molecule has 0 aromatic heterocycles. The van der Waals surface area contributed by atoms with E-state index in [2.05, 4.69) is 0 Å². The zero-order valence-electron chi connectivity index (χ0n) is 8.20. The van der Waals surface area contributed by atoms with E-state index < -0.39 is 9.84 Å². The van der Waals surface area contributed by atoms with Crippen molar-refractivity contribution in [3.8, 4) is 0 Å². The molecule has 78 valence electrons. The maximum atomic E-state index is 10.8. The zero-order valence-corrected chi connectivity index (χ0v) is 9.02. The van der Waals surface area contributed by atoms with Gasteiger partial charge in [-0.3, -0.25) is 0 Å². The van der Waals surface area contributed by atoms with Gasteiger partial charge in [0.2, 0.25) is 0 Å². The highest BCUT2D eigenvalue weighted by atomic mass is 32.2. The number of rotatable bonds is 6. The monoisotopic (exact) mass is 205 g/mol. The fourth-order valence-electron chi connectivity index (χ4n) is 1.50. The summed E-state index contributed by atoms with van der Waals surface area (Å²) in [5.41, 5.74) is 5.88. The summed E-state index contributed by atoms with van der Waals surface area (Å²) in [5.74, 6) is 1.04. The topological polar surface area (TPSA) is 60.2 Å². The van der Waals surface area contributed by atoms with Crippen molar-refractivity contribution < 1.29 is 8.42 Å². The molecule has 1 aliphatic carbocycles. The van der Waals surface area contributed by atoms with Gasteiger partial charge in [0.05, 0.1) is 0 Å². The summed E-state index contributed by atoms with van der Waals surface area (Å²) in [6.45, 7) is 0. The highest BCUT2D eigenvalue weighted by molar-refractivity contribution is 7.90. The Morgan fingerprint density at radius 2 is 2.00 bits per heavy atom. The van der Waals surface area contributed by atoms with Crippen LogP contribution in [0.3, 0.4) is 0 Å². The predicted octanol–water partition coefficient (Wildman–Crippen LogP) is 0.939. The van der Waals surface area contributed by atoms with Gasteiger partial charge in [0.25, 0.3) is 0 Å². The highest BCUT2D eigenvalue weighted by Crippen LogP contribution is 2.33. The third-order valence-corrected chi connectivity index (χ3v) is 3.56. The molecule has 0 aromatic rings. The fraction of sp³-hybridized carbons (Fsp3) is 1.00. The first-order chi connectivity index (χ1) is 5.99. The molecule has 0 radical (unpaired) electrons. The largest absolute Gasteiger partial charge is 0.327 e. The molecule has 0 bridgehead atoms. The van der Waals surface area contributed by atoms with E-state index in [1.54, 1.807) is 0 Å². The van der Waals surface area contributed by atoms with E-state index in [4.69, 9.17) is 5.73 Å². The number of sulfone groups is 1. The van der Waals surface area contributed by atoms with E-state index in [1.807, 2.05) is 0 Å². The number of hydrogen-bond acceptors (Lipinski definition) is 3. The van der Waals surface area contributed by atoms with Crippen LogP contribution in [0.2, 0.25) is 0 Å². The third-order valence-electron chi connectivity index (χ3n) is 2.53. The average Bonchev–Trinajstić information content (AvgIpc) is 2.77. The second-order valence-electron chi connectivity index (χ2n) is 4.13. The maximum absolute atomic E-state index is 10.8. The van der Waals surface area contributed by atoms with Gasteiger partial charge in [0.1, 0.15) is 9.84 Å². The zero-order chi connectivity index (χ0) is 9.90. The molecule has 1 unspecified atom stereocenters. The van der Waals surface area contributed by atoms with Gasteiger partial charge >= 0.3 is 0 Å². The molecule has 1 aliphatic rings. The van der Waals surface area contributed by atoms with E-state index >= 15 is 0 Å². The van der Waals surface area contributed by atoms with E-state index in [-0.39, 0.29) is 0 Å². The Labute approximate surface area is 80.6 Å². The van der Waals surface area contributed by atoms with Crippen molar-refractivity contribution >= 4 is 9.84 Å². The standard InChI is InChI=1S/C9H19NO2S/c1-13(11,12)7-3-2-4-9(10)8-5-6-8/h8-9H,2-7,10H2,1H3. The molecule has 0 spiro atoms. The first-order valence-corrected chi connectivity index (χ1v) is 6.98. The Morgan fingerprint density at radius 1 is 1.38 bits per heavy atom. The predicted molar refractivity (Wildman–Crippen MR) is 54.3 cm³/mol. The van der Waals surface area contributed by atoms with Crippen LogP contribution >= 0.6 is 0 Å². The SMILES string of the molecule is CS(=O)(=O)CCCCC(N)C1CC1. The van der Waals surface area contributed by atoms with Crippen LogP contribution in [-0.2, 0) is 9.84 Å². The molecule has 1 saturated carbocycles. The molecule has 0 aliphatic heterocycles. The lowest BCUT2D eigenvalue weighted by Gasteiger charge is -2.08. The summed E-state index contributed by atoms with van der Waals surface area (Å²) >= 11 is 0. The Kier molecular flexibility index (Phi) is 3.74. The fourth-order valence-corrected chi connectivity index (χ4v) is 2.23. The lowest BCUT2D eigenvalue weighted by atomic mass is 10.1. The molecular weight excluding hydrogens is 186 g/mol. The molecule has 0 saturated heterocycles. The minimum atomic E-state index is -2.77. The smallest absolute Gasteiger partial charge is 0.147 e. The first kappa shape index (κ1) is 11.0. The molecule has 0 heterocycles. The lowest BCUT2D eigenvalue weighted by molar-refractivity contribution is 0.522. The Bertz CT molecular complexity index is 244. The second-order valence-corrected chi connectivity index (χ2v) is 6.39. The molecule has 1 atom stereocenters. The molecule has 1 rings (SSSR count). The van der Waals surface area contributed by atoms with Gasteiger partial charge in [-0.15, -0.1) is 0 Å². The minimum Gasteiger partial charge on any atom is -0.327 e. The minimum absolute atomic E-state index is 0.310. The van der Waals surface area contributed by atoms with Gasteiger partial charge in [-0.05, 0) is 31.6 Å². The van der Waals surface area contributed by atoms with E-state index in [9.17, 15) is 8.42 Å². The summed E-state index contributed by atoms with van der Waals surface area (Å²) in [7, 11) is -2.77. The van der Waals surface area contributed by atoms with Crippen molar-refractivity contribution in [3.63, 3.8) is 0 Å². The van der Waals surface area contributed by atoms with Crippen LogP contribution in [0.15, 0.2) is 0 Å². The summed E-state index contributed by atoms with van der Waals surface area (Å²) in [5, 5.41) is 0. The quantitative estimate of drug-likeness (QED) is 0.656. The van der Waals surface area contributed by atoms with Gasteiger partial charge < -0.3 is 5.73 Å². The van der Waals surface area contributed by atoms with Gasteiger partial charge in [0, 0.05) is 18.1 Å². The van der Waals surface area contributed by atoms with Gasteiger partial charge in [0.15, 0.2) is 0 Å². The summed E-state index contributed by atoms with van der Waals surface area (Å²) < 4.78 is 21.6. The Morgan fingerprint density at radius 3 is 2.46 bits per heavy atom. The van der Waals surface area contributed by atoms with Crippen LogP contribution in [0, 0.1) is 5.92 Å². The van der Waals surface area contributed by atoms with Crippen molar-refractivity contribution in [3.05, 3.63) is 0 Å². The molecule has 1 fully saturated rings. The summed E-state index contributed by atoms with van der Waals surface area (Å²) in [4.78, 5) is 0. The number of hydrogen-bond donors (Lipinski definition) is 1. The normalized spacial score (nSPS) is 20.2. The molecule has 0 amide bonds. The van der Waals surface area contributed by atoms with Crippen molar-refractivity contribution in [2.45, 2.75) is 38.1 Å². The molecule has 3 nitrogen and oxygen atoms in total. The van der Waals surface area contributed by atoms with Crippen molar-refractivity contribution in [2.24, 2.45) is 11.7 Å². The molecular formula is C9H19NO2S. The van der Waals surface area contributed by atoms with Crippen LogP contribution in [0.1, 0.15) is 32.1 Å². The van der Waals surface area contributed by atoms with E-state index in [0.717, 1.165) is 25.2 Å². The Hall–Kier alpha value is -0.0900. The van der Waals surface area contributed by atoms with Crippen LogP contribution in [-0.4, -0.2) is 26.5 Å². The van der Waals surface area contributed by atoms with Crippen LogP contribution in [0.5, 0.6) is 0 Å². The highest BCUT2D eigenvalue weighted by Gasteiger charge is 2.27. The van der Waals surface area contributed by atoms with Crippen LogP contribution < -0.4 is 5.73 Å². The second kappa shape index (κ2) is 4.42. The van der Waals surface area contributed by atoms with Crippen molar-refractivity contribution in [2.75, 3.05) is 12.0 Å². The van der Waals surface area contributed by atoms with Crippen LogP contribution in [0.25, 0.3) is 0 Å². The van der Waals surface area contributed by atoms with Gasteiger partial charge in [-0.1, -0.05) is 6.42 Å². The van der Waals surface area contributed by atoms with Crippen molar-refractivity contribution in [1.82, 2.24) is 0 Å². The maximum Gasteiger partial charge on any atom is 0.147 e. The number of unbranched alkanes of at least 4 members (excludes halogenated alkanes) is 1. The summed E-state index contributed by atoms with van der Waals surface area (Å²) in [6, 6.07) is 0.319. The van der Waals surface area contributed by atoms with Gasteiger partial charge in [-0.25, -0.2) is 8.42 Å². The van der Waals surface area contributed by atoms with E-state index in [0.29, 0.717) is 11.8 Å². The Balaban J connectivity index is 2.00. The molecule has 2 N–H and O–H groups in total. The first-order valence-electron chi connectivity index (χ1n) is 4.92. The van der Waals surface area contributed by atoms with E-state index in [1.165, 1.54) is 19.1 Å². The molecule has 0 aromatic carbocycles. The van der Waals surface area contributed by atoms with Gasteiger partial charge in [-0.2, -0.15) is 0 Å². The molecule has 13 heavy (non-hydrogen) atoms. The lowest BCUT2D eigenvalue weighted by Crippen LogP contribution is -2.22.